The zero-order valence-corrected chi connectivity index (χ0v) is 13.3. The lowest BCUT2D eigenvalue weighted by Crippen LogP contribution is -2.40. The molecule has 2 unspecified atom stereocenters. The molecule has 1 aromatic rings. The highest BCUT2D eigenvalue weighted by Crippen LogP contribution is 2.27. The number of aliphatic hydroxyl groups excluding tert-OH is 1. The van der Waals surface area contributed by atoms with Crippen molar-refractivity contribution in [1.82, 2.24) is 4.90 Å². The van der Waals surface area contributed by atoms with Gasteiger partial charge in [0.2, 0.25) is 0 Å². The van der Waals surface area contributed by atoms with Gasteiger partial charge in [-0.1, -0.05) is 12.8 Å². The summed E-state index contributed by atoms with van der Waals surface area (Å²) in [5.41, 5.74) is 0.0156. The predicted molar refractivity (Wildman–Crippen MR) is 82.5 cm³/mol. The van der Waals surface area contributed by atoms with Crippen LogP contribution in [0.25, 0.3) is 0 Å². The van der Waals surface area contributed by atoms with Crippen molar-refractivity contribution in [2.45, 2.75) is 31.8 Å². The number of nitrogens with one attached hydrogen (secondary N) is 1. The molecule has 128 valence electrons. The second kappa shape index (κ2) is 7.59. The third-order valence-corrected chi connectivity index (χ3v) is 4.18. The van der Waals surface area contributed by atoms with E-state index in [1.54, 1.807) is 7.05 Å². The van der Waals surface area contributed by atoms with Crippen LogP contribution in [0.4, 0.5) is 19.3 Å². The van der Waals surface area contributed by atoms with Gasteiger partial charge in [0.15, 0.2) is 17.4 Å². The van der Waals surface area contributed by atoms with Crippen LogP contribution in [-0.2, 0) is 0 Å². The van der Waals surface area contributed by atoms with Gasteiger partial charge in [0.05, 0.1) is 13.2 Å². The summed E-state index contributed by atoms with van der Waals surface area (Å²) in [6.07, 6.45) is 3.24. The summed E-state index contributed by atoms with van der Waals surface area (Å²) in [6, 6.07) is 1.53. The number of rotatable bonds is 4. The Morgan fingerprint density at radius 2 is 1.96 bits per heavy atom. The highest BCUT2D eigenvalue weighted by Gasteiger charge is 2.25. The molecule has 0 aromatic heterocycles. The third kappa shape index (κ3) is 4.31. The fourth-order valence-corrected chi connectivity index (χ4v) is 2.88. The van der Waals surface area contributed by atoms with Gasteiger partial charge in [-0.2, -0.15) is 0 Å². The van der Waals surface area contributed by atoms with Crippen molar-refractivity contribution >= 4 is 11.7 Å². The minimum Gasteiger partial charge on any atom is -0.491 e. The van der Waals surface area contributed by atoms with Crippen molar-refractivity contribution in [1.29, 1.82) is 0 Å². The number of carbonyl (C=O) groups excluding carboxylic acids is 1. The van der Waals surface area contributed by atoms with Crippen molar-refractivity contribution in [2.75, 3.05) is 26.0 Å². The molecule has 0 bridgehead atoms. The molecule has 0 aliphatic heterocycles. The Morgan fingerprint density at radius 3 is 2.52 bits per heavy atom. The van der Waals surface area contributed by atoms with Gasteiger partial charge in [0.1, 0.15) is 0 Å². The third-order valence-electron chi connectivity index (χ3n) is 4.18. The number of methoxy groups -OCH3 is 1. The van der Waals surface area contributed by atoms with E-state index in [4.69, 9.17) is 0 Å². The quantitative estimate of drug-likeness (QED) is 0.893. The molecule has 0 spiro atoms. The molecule has 1 aliphatic carbocycles. The molecule has 1 fully saturated rings. The maximum atomic E-state index is 13.6. The Balaban J connectivity index is 1.98. The van der Waals surface area contributed by atoms with Crippen LogP contribution >= 0.6 is 0 Å². The molecule has 23 heavy (non-hydrogen) atoms. The summed E-state index contributed by atoms with van der Waals surface area (Å²) >= 11 is 0. The maximum Gasteiger partial charge on any atom is 0.321 e. The molecule has 2 N–H and O–H groups in total. The molecule has 7 heteroatoms. The largest absolute Gasteiger partial charge is 0.491 e. The van der Waals surface area contributed by atoms with Crippen LogP contribution < -0.4 is 10.1 Å². The number of hydrogen-bond donors (Lipinski definition) is 2. The van der Waals surface area contributed by atoms with Crippen LogP contribution in [0.1, 0.15) is 25.7 Å². The first-order valence-electron chi connectivity index (χ1n) is 7.65. The molecule has 1 aromatic carbocycles. The number of anilines is 1. The predicted octanol–water partition coefficient (Wildman–Crippen LogP) is 2.99. The standard InChI is InChI=1S/C16H22F2N2O3/c1-20(9-10-5-3-4-6-14(10)21)16(22)19-11-7-12(17)15(23-2)13(18)8-11/h7-8,10,14,21H,3-6,9H2,1-2H3,(H,19,22). The van der Waals surface area contributed by atoms with Gasteiger partial charge in [0.25, 0.3) is 0 Å². The molecular weight excluding hydrogens is 306 g/mol. The summed E-state index contributed by atoms with van der Waals surface area (Å²) in [7, 11) is 2.76. The Morgan fingerprint density at radius 1 is 1.35 bits per heavy atom. The number of benzene rings is 1. The molecule has 5 nitrogen and oxygen atoms in total. The number of nitrogens with zero attached hydrogens (tertiary/aromatic N) is 1. The van der Waals surface area contributed by atoms with Crippen molar-refractivity contribution in [3.63, 3.8) is 0 Å². The summed E-state index contributed by atoms with van der Waals surface area (Å²) in [5, 5.41) is 12.4. The number of carbonyl (C=O) groups is 1. The second-order valence-corrected chi connectivity index (χ2v) is 5.90. The molecule has 0 heterocycles. The van der Waals surface area contributed by atoms with E-state index in [0.717, 1.165) is 37.8 Å². The van der Waals surface area contributed by atoms with Crippen molar-refractivity contribution in [3.05, 3.63) is 23.8 Å². The number of amides is 2. The monoisotopic (exact) mass is 328 g/mol. The Hall–Kier alpha value is -1.89. The van der Waals surface area contributed by atoms with E-state index in [-0.39, 0.29) is 11.6 Å². The average molecular weight is 328 g/mol. The Labute approximate surface area is 134 Å². The summed E-state index contributed by atoms with van der Waals surface area (Å²) in [6.45, 7) is 0.397. The van der Waals surface area contributed by atoms with Crippen molar-refractivity contribution in [3.8, 4) is 5.75 Å². The Bertz CT molecular complexity index is 545. The molecule has 0 radical (unpaired) electrons. The first-order valence-corrected chi connectivity index (χ1v) is 7.65. The van der Waals surface area contributed by atoms with Crippen LogP contribution in [0.3, 0.4) is 0 Å². The number of halogens is 2. The summed E-state index contributed by atoms with van der Waals surface area (Å²) < 4.78 is 31.8. The number of ether oxygens (including phenoxy) is 1. The van der Waals surface area contributed by atoms with Crippen LogP contribution in [0.5, 0.6) is 5.75 Å². The maximum absolute atomic E-state index is 13.6. The molecule has 1 saturated carbocycles. The van der Waals surface area contributed by atoms with E-state index >= 15 is 0 Å². The van der Waals surface area contributed by atoms with E-state index in [2.05, 4.69) is 10.1 Å². The van der Waals surface area contributed by atoms with Gasteiger partial charge in [0, 0.05) is 37.3 Å². The summed E-state index contributed by atoms with van der Waals surface area (Å²) in [4.78, 5) is 13.5. The lowest BCUT2D eigenvalue weighted by atomic mass is 9.86. The molecule has 0 saturated heterocycles. The zero-order chi connectivity index (χ0) is 17.0. The van der Waals surface area contributed by atoms with Crippen molar-refractivity contribution < 1.29 is 23.4 Å². The fourth-order valence-electron chi connectivity index (χ4n) is 2.88. The first kappa shape index (κ1) is 17.5. The van der Waals surface area contributed by atoms with Crippen LogP contribution in [-0.4, -0.2) is 42.8 Å². The molecular formula is C16H22F2N2O3. The van der Waals surface area contributed by atoms with Crippen molar-refractivity contribution in [2.24, 2.45) is 5.92 Å². The summed E-state index contributed by atoms with van der Waals surface area (Å²) in [5.74, 6) is -2.22. The Kier molecular flexibility index (Phi) is 5.76. The number of hydrogen-bond acceptors (Lipinski definition) is 3. The van der Waals surface area contributed by atoms with Gasteiger partial charge >= 0.3 is 6.03 Å². The molecule has 2 atom stereocenters. The molecule has 2 rings (SSSR count). The lowest BCUT2D eigenvalue weighted by Gasteiger charge is -2.31. The minimum atomic E-state index is -0.881. The minimum absolute atomic E-state index is 0.0156. The lowest BCUT2D eigenvalue weighted by molar-refractivity contribution is 0.0575. The number of aliphatic hydroxyl groups is 1. The normalized spacial score (nSPS) is 20.9. The zero-order valence-electron chi connectivity index (χ0n) is 13.3. The van der Waals surface area contributed by atoms with Gasteiger partial charge < -0.3 is 20.1 Å². The van der Waals surface area contributed by atoms with E-state index in [1.807, 2.05) is 0 Å². The van der Waals surface area contributed by atoms with Gasteiger partial charge in [-0.15, -0.1) is 0 Å². The van der Waals surface area contributed by atoms with E-state index in [9.17, 15) is 18.7 Å². The van der Waals surface area contributed by atoms with E-state index in [0.29, 0.717) is 6.54 Å². The average Bonchev–Trinajstić information content (AvgIpc) is 2.49. The van der Waals surface area contributed by atoms with Crippen LogP contribution in [0.2, 0.25) is 0 Å². The van der Waals surface area contributed by atoms with E-state index in [1.165, 1.54) is 12.0 Å². The second-order valence-electron chi connectivity index (χ2n) is 5.90. The highest BCUT2D eigenvalue weighted by molar-refractivity contribution is 5.89. The highest BCUT2D eigenvalue weighted by atomic mass is 19.1. The van der Waals surface area contributed by atoms with E-state index < -0.39 is 29.5 Å². The SMILES string of the molecule is COc1c(F)cc(NC(=O)N(C)CC2CCCCC2O)cc1F. The van der Waals surface area contributed by atoms with Gasteiger partial charge in [-0.3, -0.25) is 0 Å². The number of urea groups is 1. The topological polar surface area (TPSA) is 61.8 Å². The van der Waals surface area contributed by atoms with Crippen LogP contribution in [0, 0.1) is 17.6 Å². The van der Waals surface area contributed by atoms with Gasteiger partial charge in [-0.25, -0.2) is 13.6 Å². The first-order chi connectivity index (χ1) is 10.9. The fraction of sp³-hybridized carbons (Fsp3) is 0.562. The molecule has 2 amide bonds. The molecule has 1 aliphatic rings. The smallest absolute Gasteiger partial charge is 0.321 e. The van der Waals surface area contributed by atoms with Gasteiger partial charge in [-0.05, 0) is 12.8 Å². The van der Waals surface area contributed by atoms with Crippen LogP contribution in [0.15, 0.2) is 12.1 Å².